The molecule has 4 nitrogen and oxygen atoms in total. The summed E-state index contributed by atoms with van der Waals surface area (Å²) in [6, 6.07) is 7.35. The molecule has 0 spiro atoms. The largest absolute Gasteiger partial charge is 0.497 e. The second-order valence-electron chi connectivity index (χ2n) is 4.96. The normalized spacial score (nSPS) is 13.3. The van der Waals surface area contributed by atoms with Crippen molar-refractivity contribution >= 4 is 0 Å². The van der Waals surface area contributed by atoms with Gasteiger partial charge in [-0.25, -0.2) is 0 Å². The summed E-state index contributed by atoms with van der Waals surface area (Å²) in [5.41, 5.74) is 0.874. The number of hydrogen-bond acceptors (Lipinski definition) is 4. The Morgan fingerprint density at radius 3 is 2.09 bits per heavy atom. The predicted octanol–water partition coefficient (Wildman–Crippen LogP) is 4.04. The van der Waals surface area contributed by atoms with E-state index in [1.165, 1.54) is 6.42 Å². The maximum atomic E-state index is 8.70. The Morgan fingerprint density at radius 1 is 1.13 bits per heavy atom. The molecule has 1 saturated heterocycles. The molecule has 4 heteroatoms. The molecule has 1 heterocycles. The first-order valence-electron chi connectivity index (χ1n) is 8.64. The maximum absolute atomic E-state index is 8.70. The molecule has 0 unspecified atom stereocenters. The Hall–Kier alpha value is -1.10. The number of aliphatic hydroxyl groups excluding tert-OH is 2. The van der Waals surface area contributed by atoms with Gasteiger partial charge in [0.05, 0.1) is 13.7 Å². The monoisotopic (exact) mass is 328 g/mol. The van der Waals surface area contributed by atoms with Crippen molar-refractivity contribution in [3.05, 3.63) is 29.8 Å². The van der Waals surface area contributed by atoms with E-state index in [2.05, 4.69) is 13.8 Å². The Kier molecular flexibility index (Phi) is 19.9. The summed E-state index contributed by atoms with van der Waals surface area (Å²) in [6.07, 6.45) is 3.33. The first-order valence-corrected chi connectivity index (χ1v) is 8.64. The molecule has 0 amide bonds. The highest BCUT2D eigenvalue weighted by atomic mass is 16.5. The smallest absolute Gasteiger partial charge is 0.119 e. The molecule has 1 aromatic carbocycles. The fraction of sp³-hybridized carbons (Fsp3) is 0.684. The zero-order valence-electron chi connectivity index (χ0n) is 15.5. The summed E-state index contributed by atoms with van der Waals surface area (Å²) in [6.45, 7) is 10.3. The van der Waals surface area contributed by atoms with Crippen LogP contribution in [0.5, 0.6) is 5.75 Å². The van der Waals surface area contributed by atoms with E-state index in [0.29, 0.717) is 12.5 Å². The van der Waals surface area contributed by atoms with Crippen molar-refractivity contribution in [1.29, 1.82) is 0 Å². The highest BCUT2D eigenvalue weighted by Gasteiger charge is 2.11. The molecule has 0 radical (unpaired) electrons. The van der Waals surface area contributed by atoms with Crippen LogP contribution in [0.2, 0.25) is 0 Å². The van der Waals surface area contributed by atoms with Crippen molar-refractivity contribution in [3.8, 4) is 5.75 Å². The van der Waals surface area contributed by atoms with Gasteiger partial charge in [-0.15, -0.1) is 0 Å². The number of aliphatic hydroxyl groups is 2. The molecule has 0 aromatic heterocycles. The minimum atomic E-state index is 0.0667. The summed E-state index contributed by atoms with van der Waals surface area (Å²) in [5.74, 6) is 1.30. The number of methoxy groups -OCH3 is 1. The van der Waals surface area contributed by atoms with Crippen molar-refractivity contribution in [3.63, 3.8) is 0 Å². The predicted molar refractivity (Wildman–Crippen MR) is 96.9 cm³/mol. The van der Waals surface area contributed by atoms with Crippen molar-refractivity contribution in [2.75, 3.05) is 26.9 Å². The number of benzene rings is 1. The van der Waals surface area contributed by atoms with Crippen LogP contribution in [0, 0.1) is 5.92 Å². The molecule has 1 aliphatic heterocycles. The summed E-state index contributed by atoms with van der Waals surface area (Å²) in [7, 11) is 1.61. The second kappa shape index (κ2) is 18.9. The fourth-order valence-electron chi connectivity index (χ4n) is 1.70. The van der Waals surface area contributed by atoms with E-state index in [-0.39, 0.29) is 6.61 Å². The van der Waals surface area contributed by atoms with Crippen LogP contribution in [0.3, 0.4) is 0 Å². The third-order valence-electron chi connectivity index (χ3n) is 2.92. The van der Waals surface area contributed by atoms with Gasteiger partial charge >= 0.3 is 0 Å². The van der Waals surface area contributed by atoms with Crippen LogP contribution in [-0.4, -0.2) is 37.1 Å². The van der Waals surface area contributed by atoms with E-state index in [9.17, 15) is 0 Å². The lowest BCUT2D eigenvalue weighted by atomic mass is 10.0. The summed E-state index contributed by atoms with van der Waals surface area (Å²) in [4.78, 5) is 0. The maximum Gasteiger partial charge on any atom is 0.119 e. The number of ether oxygens (including phenoxy) is 2. The average Bonchev–Trinajstić information content (AvgIpc) is 2.65. The number of rotatable bonds is 3. The van der Waals surface area contributed by atoms with Crippen LogP contribution in [0.1, 0.15) is 52.5 Å². The SMILES string of the molecule is CC.CCC.COc1cccc(CO)c1.OCC1CCOCC1. The molecule has 1 fully saturated rings. The Bertz CT molecular complexity index is 317. The molecule has 0 saturated carbocycles. The molecule has 1 aliphatic rings. The molecular formula is C19H36O4. The minimum absolute atomic E-state index is 0.0667. The first-order chi connectivity index (χ1) is 11.2. The standard InChI is InChI=1S/C8H10O2.C6H12O2.C3H8.C2H6/c1-10-8-4-2-3-7(5-8)6-9;7-5-6-1-3-8-4-2-6;1-3-2;1-2/h2-5,9H,6H2,1H3;6-7H,1-5H2;3H2,1-2H3;1-2H3. The molecule has 0 aliphatic carbocycles. The van der Waals surface area contributed by atoms with E-state index in [1.54, 1.807) is 13.2 Å². The van der Waals surface area contributed by atoms with Gasteiger partial charge in [-0.05, 0) is 36.5 Å². The van der Waals surface area contributed by atoms with Crippen LogP contribution >= 0.6 is 0 Å². The third-order valence-corrected chi connectivity index (χ3v) is 2.92. The first kappa shape index (κ1) is 24.2. The van der Waals surface area contributed by atoms with E-state index in [0.717, 1.165) is 37.4 Å². The van der Waals surface area contributed by atoms with E-state index >= 15 is 0 Å². The van der Waals surface area contributed by atoms with Gasteiger partial charge in [0.2, 0.25) is 0 Å². The lowest BCUT2D eigenvalue weighted by molar-refractivity contribution is 0.0455. The van der Waals surface area contributed by atoms with Crippen molar-refractivity contribution < 1.29 is 19.7 Å². The average molecular weight is 328 g/mol. The Labute approximate surface area is 142 Å². The van der Waals surface area contributed by atoms with Crippen LogP contribution in [-0.2, 0) is 11.3 Å². The lowest BCUT2D eigenvalue weighted by Crippen LogP contribution is -2.18. The summed E-state index contributed by atoms with van der Waals surface area (Å²) >= 11 is 0. The molecule has 2 N–H and O–H groups in total. The van der Waals surface area contributed by atoms with Gasteiger partial charge in [0.1, 0.15) is 5.75 Å². The van der Waals surface area contributed by atoms with Crippen LogP contribution < -0.4 is 4.74 Å². The van der Waals surface area contributed by atoms with Gasteiger partial charge in [-0.1, -0.05) is 46.2 Å². The zero-order valence-corrected chi connectivity index (χ0v) is 15.5. The second-order valence-corrected chi connectivity index (χ2v) is 4.96. The quantitative estimate of drug-likeness (QED) is 0.879. The number of hydrogen-bond donors (Lipinski definition) is 2. The summed E-state index contributed by atoms with van der Waals surface area (Å²) in [5, 5.41) is 17.3. The van der Waals surface area contributed by atoms with E-state index < -0.39 is 0 Å². The van der Waals surface area contributed by atoms with E-state index in [1.807, 2.05) is 32.0 Å². The third kappa shape index (κ3) is 14.2. The summed E-state index contributed by atoms with van der Waals surface area (Å²) < 4.78 is 10.0. The Morgan fingerprint density at radius 2 is 1.70 bits per heavy atom. The molecule has 136 valence electrons. The molecule has 0 bridgehead atoms. The van der Waals surface area contributed by atoms with Crippen molar-refractivity contribution in [1.82, 2.24) is 0 Å². The lowest BCUT2D eigenvalue weighted by Gasteiger charge is -2.18. The van der Waals surface area contributed by atoms with Crippen LogP contribution in [0.4, 0.5) is 0 Å². The van der Waals surface area contributed by atoms with Gasteiger partial charge in [0, 0.05) is 19.8 Å². The minimum Gasteiger partial charge on any atom is -0.497 e. The van der Waals surface area contributed by atoms with Crippen molar-refractivity contribution in [2.24, 2.45) is 5.92 Å². The topological polar surface area (TPSA) is 58.9 Å². The molecule has 2 rings (SSSR count). The van der Waals surface area contributed by atoms with Crippen molar-refractivity contribution in [2.45, 2.75) is 53.6 Å². The molecule has 1 aromatic rings. The molecular weight excluding hydrogens is 292 g/mol. The highest BCUT2D eigenvalue weighted by Crippen LogP contribution is 2.12. The van der Waals surface area contributed by atoms with Gasteiger partial charge in [0.25, 0.3) is 0 Å². The Balaban J connectivity index is 0. The van der Waals surface area contributed by atoms with Crippen LogP contribution in [0.25, 0.3) is 0 Å². The van der Waals surface area contributed by atoms with Gasteiger partial charge in [0.15, 0.2) is 0 Å². The van der Waals surface area contributed by atoms with Gasteiger partial charge < -0.3 is 19.7 Å². The highest BCUT2D eigenvalue weighted by molar-refractivity contribution is 5.27. The van der Waals surface area contributed by atoms with Crippen LogP contribution in [0.15, 0.2) is 24.3 Å². The van der Waals surface area contributed by atoms with E-state index in [4.69, 9.17) is 19.7 Å². The molecule has 0 atom stereocenters. The molecule has 23 heavy (non-hydrogen) atoms. The zero-order chi connectivity index (χ0) is 17.9. The van der Waals surface area contributed by atoms with Gasteiger partial charge in [-0.2, -0.15) is 0 Å². The fourth-order valence-corrected chi connectivity index (χ4v) is 1.70. The van der Waals surface area contributed by atoms with Gasteiger partial charge in [-0.3, -0.25) is 0 Å².